The summed E-state index contributed by atoms with van der Waals surface area (Å²) in [6.07, 6.45) is -1.61. The molecule has 0 saturated carbocycles. The number of pyridine rings is 2. The molecule has 0 aliphatic carbocycles. The molecular formula is C29H28F6N6O4S. The summed E-state index contributed by atoms with van der Waals surface area (Å²) in [6.45, 7) is 6.63. The van der Waals surface area contributed by atoms with Crippen molar-refractivity contribution in [3.05, 3.63) is 72.6 Å². The lowest BCUT2D eigenvalue weighted by Gasteiger charge is -2.36. The Morgan fingerprint density at radius 3 is 1.96 bits per heavy atom. The van der Waals surface area contributed by atoms with Crippen molar-refractivity contribution in [3.8, 4) is 0 Å². The lowest BCUT2D eigenvalue weighted by molar-refractivity contribution is -0.192. The number of thioether (sulfide) groups is 1. The number of hydrogen-bond acceptors (Lipinski definition) is 8. The summed E-state index contributed by atoms with van der Waals surface area (Å²) in [5, 5.41) is 7.12. The molecule has 2 aliphatic rings. The van der Waals surface area contributed by atoms with Crippen LogP contribution >= 0.6 is 11.8 Å². The van der Waals surface area contributed by atoms with Crippen molar-refractivity contribution in [3.63, 3.8) is 0 Å². The molecule has 2 fully saturated rings. The first kappa shape index (κ1) is 34.3. The zero-order valence-electron chi connectivity index (χ0n) is 24.4. The highest BCUT2D eigenvalue weighted by Gasteiger charge is 2.51. The van der Waals surface area contributed by atoms with Gasteiger partial charge in [0, 0.05) is 50.0 Å². The molecule has 5 rings (SSSR count). The van der Waals surface area contributed by atoms with Gasteiger partial charge in [0.05, 0.1) is 5.69 Å². The number of carbonyl (C=O) groups is 3. The van der Waals surface area contributed by atoms with Crippen LogP contribution in [0.4, 0.5) is 48.5 Å². The van der Waals surface area contributed by atoms with E-state index in [1.54, 1.807) is 26.2 Å². The summed E-state index contributed by atoms with van der Waals surface area (Å²) in [5.41, 5.74) is -4.52. The standard InChI is InChI=1S/C27H27F3N6O2S.C2HF3O2/c1-26(2)24(37)36(20-6-8-21(9-7-20)39-27(28,29)30)25(38)35(26)18-19-10-12-32-23(17-19)34-15-13-33(14-16-34)22-5-3-4-11-31-22;3-2(4,5)1(6)7/h3-12,17H,13-16,18H2,1-2H3;(H,6,7). The van der Waals surface area contributed by atoms with E-state index in [0.29, 0.717) is 0 Å². The predicted octanol–water partition coefficient (Wildman–Crippen LogP) is 5.80. The number of halogens is 6. The van der Waals surface area contributed by atoms with Crippen molar-refractivity contribution >= 4 is 47.0 Å². The second kappa shape index (κ2) is 13.4. The summed E-state index contributed by atoms with van der Waals surface area (Å²) in [7, 11) is 0. The zero-order chi connectivity index (χ0) is 33.9. The van der Waals surface area contributed by atoms with Crippen molar-refractivity contribution < 1.29 is 45.8 Å². The number of nitrogens with zero attached hydrogens (tertiary/aromatic N) is 6. The van der Waals surface area contributed by atoms with Crippen molar-refractivity contribution in [1.82, 2.24) is 14.9 Å². The van der Waals surface area contributed by atoms with Gasteiger partial charge >= 0.3 is 23.7 Å². The largest absolute Gasteiger partial charge is 0.490 e. The van der Waals surface area contributed by atoms with E-state index in [0.717, 1.165) is 48.3 Å². The number of carboxylic acid groups (broad SMARTS) is 1. The fraction of sp³-hybridized carbons (Fsp3) is 0.345. The minimum absolute atomic E-state index is 0.0216. The first-order valence-corrected chi connectivity index (χ1v) is 14.5. The molecule has 17 heteroatoms. The van der Waals surface area contributed by atoms with Crippen LogP contribution in [0.1, 0.15) is 19.4 Å². The Kier molecular flexibility index (Phi) is 10.0. The van der Waals surface area contributed by atoms with Crippen LogP contribution in [0.2, 0.25) is 0 Å². The summed E-state index contributed by atoms with van der Waals surface area (Å²) in [5.74, 6) is -1.47. The van der Waals surface area contributed by atoms with Crippen LogP contribution in [-0.2, 0) is 16.1 Å². The van der Waals surface area contributed by atoms with Crippen molar-refractivity contribution in [2.45, 2.75) is 42.5 Å². The van der Waals surface area contributed by atoms with Gasteiger partial charge < -0.3 is 19.8 Å². The van der Waals surface area contributed by atoms with Gasteiger partial charge in [-0.3, -0.25) is 4.79 Å². The molecule has 3 aromatic rings. The molecule has 4 heterocycles. The van der Waals surface area contributed by atoms with Crippen LogP contribution in [0.25, 0.3) is 0 Å². The maximum Gasteiger partial charge on any atom is 0.490 e. The number of imide groups is 1. The molecule has 0 atom stereocenters. The highest BCUT2D eigenvalue weighted by molar-refractivity contribution is 8.00. The molecule has 0 bridgehead atoms. The Morgan fingerprint density at radius 1 is 0.870 bits per heavy atom. The molecule has 1 N–H and O–H groups in total. The van der Waals surface area contributed by atoms with E-state index in [1.807, 2.05) is 30.3 Å². The minimum Gasteiger partial charge on any atom is -0.475 e. The smallest absolute Gasteiger partial charge is 0.475 e. The Balaban J connectivity index is 0.000000617. The van der Waals surface area contributed by atoms with Crippen LogP contribution in [0.5, 0.6) is 0 Å². The number of hydrogen-bond donors (Lipinski definition) is 1. The number of carbonyl (C=O) groups excluding carboxylic acids is 2. The normalized spacial score (nSPS) is 16.8. The molecule has 0 unspecified atom stereocenters. The van der Waals surface area contributed by atoms with Gasteiger partial charge in [0.25, 0.3) is 5.91 Å². The maximum atomic E-state index is 13.4. The third-order valence-corrected chi connectivity index (χ3v) is 7.86. The summed E-state index contributed by atoms with van der Waals surface area (Å²) in [4.78, 5) is 51.4. The van der Waals surface area contributed by atoms with E-state index in [2.05, 4.69) is 19.8 Å². The molecule has 1 aromatic carbocycles. The van der Waals surface area contributed by atoms with E-state index in [9.17, 15) is 35.9 Å². The molecular weight excluding hydrogens is 642 g/mol. The number of urea groups is 1. The average molecular weight is 671 g/mol. The first-order chi connectivity index (χ1) is 21.5. The molecule has 0 radical (unpaired) electrons. The van der Waals surface area contributed by atoms with Gasteiger partial charge in [-0.25, -0.2) is 24.5 Å². The number of piperazine rings is 1. The van der Waals surface area contributed by atoms with Gasteiger partial charge in [-0.2, -0.15) is 26.3 Å². The lowest BCUT2D eigenvalue weighted by atomic mass is 10.0. The number of anilines is 3. The number of benzene rings is 1. The molecule has 2 aliphatic heterocycles. The SMILES string of the molecule is CC1(C)C(=O)N(c2ccc(SC(F)(F)F)cc2)C(=O)N1Cc1ccnc(N2CCN(c3ccccn3)CC2)c1.O=C(O)C(F)(F)F. The monoisotopic (exact) mass is 670 g/mol. The van der Waals surface area contributed by atoms with Crippen LogP contribution in [-0.4, -0.2) is 81.3 Å². The molecule has 0 spiro atoms. The second-order valence-corrected chi connectivity index (χ2v) is 11.7. The van der Waals surface area contributed by atoms with E-state index in [4.69, 9.17) is 9.90 Å². The van der Waals surface area contributed by atoms with Gasteiger partial charge in [0.1, 0.15) is 17.2 Å². The number of alkyl halides is 6. The van der Waals surface area contributed by atoms with Crippen molar-refractivity contribution in [2.24, 2.45) is 0 Å². The maximum absolute atomic E-state index is 13.4. The quantitative estimate of drug-likeness (QED) is 0.198. The Bertz CT molecular complexity index is 1550. The molecule has 3 amide bonds. The summed E-state index contributed by atoms with van der Waals surface area (Å²) < 4.78 is 69.8. The molecule has 10 nitrogen and oxygen atoms in total. The number of amides is 3. The van der Waals surface area contributed by atoms with E-state index < -0.39 is 35.1 Å². The fourth-order valence-corrected chi connectivity index (χ4v) is 5.28. The van der Waals surface area contributed by atoms with E-state index in [1.165, 1.54) is 29.2 Å². The topological polar surface area (TPSA) is 110 Å². The first-order valence-electron chi connectivity index (χ1n) is 13.7. The molecule has 2 saturated heterocycles. The molecule has 246 valence electrons. The third kappa shape index (κ3) is 8.18. The van der Waals surface area contributed by atoms with Gasteiger partial charge in [0.2, 0.25) is 0 Å². The highest BCUT2D eigenvalue weighted by Crippen LogP contribution is 2.39. The van der Waals surface area contributed by atoms with Gasteiger partial charge in [-0.05, 0) is 79.7 Å². The molecule has 2 aromatic heterocycles. The lowest BCUT2D eigenvalue weighted by Crippen LogP contribution is -2.47. The third-order valence-electron chi connectivity index (χ3n) is 7.12. The van der Waals surface area contributed by atoms with Crippen LogP contribution in [0.3, 0.4) is 0 Å². The van der Waals surface area contributed by atoms with Crippen LogP contribution in [0.15, 0.2) is 71.9 Å². The van der Waals surface area contributed by atoms with Gasteiger partial charge in [0.15, 0.2) is 0 Å². The average Bonchev–Trinajstić information content (AvgIpc) is 3.16. The highest BCUT2D eigenvalue weighted by atomic mass is 32.2. The summed E-state index contributed by atoms with van der Waals surface area (Å²) >= 11 is -0.247. The van der Waals surface area contributed by atoms with E-state index in [-0.39, 0.29) is 28.9 Å². The van der Waals surface area contributed by atoms with Crippen molar-refractivity contribution in [2.75, 3.05) is 40.9 Å². The Hall–Kier alpha value is -4.54. The Labute approximate surface area is 263 Å². The predicted molar refractivity (Wildman–Crippen MR) is 157 cm³/mol. The second-order valence-electron chi connectivity index (χ2n) is 10.6. The van der Waals surface area contributed by atoms with E-state index >= 15 is 0 Å². The summed E-state index contributed by atoms with van der Waals surface area (Å²) in [6, 6.07) is 14.3. The number of carboxylic acids is 1. The molecule has 46 heavy (non-hydrogen) atoms. The van der Waals surface area contributed by atoms with Gasteiger partial charge in [-0.15, -0.1) is 0 Å². The minimum atomic E-state index is -5.08. The zero-order valence-corrected chi connectivity index (χ0v) is 25.2. The number of aromatic nitrogens is 2. The van der Waals surface area contributed by atoms with Crippen LogP contribution < -0.4 is 14.7 Å². The fourth-order valence-electron chi connectivity index (χ4n) is 4.75. The van der Waals surface area contributed by atoms with Crippen molar-refractivity contribution in [1.29, 1.82) is 0 Å². The number of aliphatic carboxylic acids is 1. The van der Waals surface area contributed by atoms with Crippen LogP contribution in [0, 0.1) is 0 Å². The number of rotatable bonds is 6. The van der Waals surface area contributed by atoms with Gasteiger partial charge in [-0.1, -0.05) is 6.07 Å². The Morgan fingerprint density at radius 2 is 1.43 bits per heavy atom.